The molecule has 0 aliphatic heterocycles. The summed E-state index contributed by atoms with van der Waals surface area (Å²) < 4.78 is 0. The molecule has 16 heavy (non-hydrogen) atoms. The Morgan fingerprint density at radius 1 is 1.44 bits per heavy atom. The fourth-order valence-electron chi connectivity index (χ4n) is 1.86. The molecule has 1 aromatic carbocycles. The fourth-order valence-corrected chi connectivity index (χ4v) is 1.86. The average molecular weight is 221 g/mol. The van der Waals surface area contributed by atoms with Crippen molar-refractivity contribution in [1.82, 2.24) is 0 Å². The molecule has 0 unspecified atom stereocenters. The molecule has 0 aliphatic rings. The lowest BCUT2D eigenvalue weighted by molar-refractivity contribution is 0.100. The minimum atomic E-state index is -0.443. The van der Waals surface area contributed by atoms with Gasteiger partial charge in [0.25, 0.3) is 5.91 Å². The van der Waals surface area contributed by atoms with Crippen LogP contribution in [0.1, 0.15) is 31.1 Å². The summed E-state index contributed by atoms with van der Waals surface area (Å²) >= 11 is 0. The predicted molar refractivity (Wildman–Crippen MR) is 67.5 cm³/mol. The molecule has 4 heteroatoms. The van der Waals surface area contributed by atoms with Crippen LogP contribution in [-0.2, 0) is 0 Å². The number of para-hydroxylation sites is 1. The van der Waals surface area contributed by atoms with E-state index in [0.29, 0.717) is 11.3 Å². The smallest absolute Gasteiger partial charge is 0.250 e. The number of nitrogen functional groups attached to an aromatic ring is 1. The van der Waals surface area contributed by atoms with Gasteiger partial charge >= 0.3 is 0 Å². The summed E-state index contributed by atoms with van der Waals surface area (Å²) in [5, 5.41) is 0. The van der Waals surface area contributed by atoms with Crippen LogP contribution >= 0.6 is 0 Å². The van der Waals surface area contributed by atoms with Crippen molar-refractivity contribution in [2.75, 3.05) is 17.2 Å². The molecular weight excluding hydrogens is 202 g/mol. The van der Waals surface area contributed by atoms with Gasteiger partial charge in [0.2, 0.25) is 0 Å². The maximum Gasteiger partial charge on any atom is 0.250 e. The standard InChI is InChI=1S/C12H19N3O/c1-4-15(8(2)3)11-9(12(14)16)6-5-7-10(11)13/h5-8H,4,13H2,1-3H3,(H2,14,16). The summed E-state index contributed by atoms with van der Waals surface area (Å²) in [6.45, 7) is 6.92. The molecule has 4 nitrogen and oxygen atoms in total. The molecule has 0 saturated carbocycles. The zero-order valence-electron chi connectivity index (χ0n) is 10.0. The van der Waals surface area contributed by atoms with E-state index in [2.05, 4.69) is 18.7 Å². The van der Waals surface area contributed by atoms with Gasteiger partial charge in [0.05, 0.1) is 16.9 Å². The molecule has 0 heterocycles. The van der Waals surface area contributed by atoms with Crippen LogP contribution in [0.5, 0.6) is 0 Å². The number of carbonyl (C=O) groups is 1. The van der Waals surface area contributed by atoms with E-state index in [1.165, 1.54) is 0 Å². The molecule has 0 saturated heterocycles. The number of amides is 1. The third-order valence-electron chi connectivity index (χ3n) is 2.58. The van der Waals surface area contributed by atoms with E-state index < -0.39 is 5.91 Å². The highest BCUT2D eigenvalue weighted by atomic mass is 16.1. The second-order valence-corrected chi connectivity index (χ2v) is 3.99. The van der Waals surface area contributed by atoms with Crippen molar-refractivity contribution >= 4 is 17.3 Å². The van der Waals surface area contributed by atoms with Gasteiger partial charge in [-0.25, -0.2) is 0 Å². The third-order valence-corrected chi connectivity index (χ3v) is 2.58. The van der Waals surface area contributed by atoms with Gasteiger partial charge in [0.15, 0.2) is 0 Å². The molecule has 0 fully saturated rings. The molecule has 1 amide bonds. The van der Waals surface area contributed by atoms with Gasteiger partial charge in [0.1, 0.15) is 0 Å². The van der Waals surface area contributed by atoms with Crippen molar-refractivity contribution in [1.29, 1.82) is 0 Å². The Bertz CT molecular complexity index is 388. The van der Waals surface area contributed by atoms with Crippen molar-refractivity contribution in [2.45, 2.75) is 26.8 Å². The number of hydrogen-bond donors (Lipinski definition) is 2. The van der Waals surface area contributed by atoms with Gasteiger partial charge in [-0.3, -0.25) is 4.79 Å². The van der Waals surface area contributed by atoms with E-state index in [1.807, 2.05) is 6.92 Å². The minimum Gasteiger partial charge on any atom is -0.397 e. The molecule has 88 valence electrons. The summed E-state index contributed by atoms with van der Waals surface area (Å²) in [7, 11) is 0. The van der Waals surface area contributed by atoms with Crippen molar-refractivity contribution in [3.8, 4) is 0 Å². The van der Waals surface area contributed by atoms with Crippen molar-refractivity contribution in [2.24, 2.45) is 5.73 Å². The Labute approximate surface area is 96.2 Å². The highest BCUT2D eigenvalue weighted by Gasteiger charge is 2.18. The van der Waals surface area contributed by atoms with Crippen LogP contribution in [0.25, 0.3) is 0 Å². The Hall–Kier alpha value is -1.71. The van der Waals surface area contributed by atoms with Gasteiger partial charge in [0, 0.05) is 12.6 Å². The number of nitrogens with zero attached hydrogens (tertiary/aromatic N) is 1. The molecule has 1 rings (SSSR count). The molecule has 0 atom stereocenters. The summed E-state index contributed by atoms with van der Waals surface area (Å²) in [4.78, 5) is 13.4. The number of carbonyl (C=O) groups excluding carboxylic acids is 1. The Kier molecular flexibility index (Phi) is 3.77. The van der Waals surface area contributed by atoms with E-state index in [9.17, 15) is 4.79 Å². The lowest BCUT2D eigenvalue weighted by Gasteiger charge is -2.30. The van der Waals surface area contributed by atoms with Gasteiger partial charge < -0.3 is 16.4 Å². The second-order valence-electron chi connectivity index (χ2n) is 3.99. The topological polar surface area (TPSA) is 72.3 Å². The van der Waals surface area contributed by atoms with E-state index in [-0.39, 0.29) is 6.04 Å². The van der Waals surface area contributed by atoms with Crippen LogP contribution < -0.4 is 16.4 Å². The minimum absolute atomic E-state index is 0.271. The van der Waals surface area contributed by atoms with Crippen molar-refractivity contribution < 1.29 is 4.79 Å². The zero-order valence-corrected chi connectivity index (χ0v) is 10.0. The second kappa shape index (κ2) is 4.88. The lowest BCUT2D eigenvalue weighted by Crippen LogP contribution is -2.33. The van der Waals surface area contributed by atoms with Crippen LogP contribution in [0.2, 0.25) is 0 Å². The highest BCUT2D eigenvalue weighted by molar-refractivity contribution is 6.01. The largest absolute Gasteiger partial charge is 0.397 e. The first-order valence-corrected chi connectivity index (χ1v) is 5.44. The molecule has 0 aromatic heterocycles. The van der Waals surface area contributed by atoms with Crippen LogP contribution in [0, 0.1) is 0 Å². The van der Waals surface area contributed by atoms with Crippen molar-refractivity contribution in [3.05, 3.63) is 23.8 Å². The molecular formula is C12H19N3O. The lowest BCUT2D eigenvalue weighted by atomic mass is 10.1. The van der Waals surface area contributed by atoms with E-state index in [1.54, 1.807) is 18.2 Å². The summed E-state index contributed by atoms with van der Waals surface area (Å²) in [6, 6.07) is 5.51. The highest BCUT2D eigenvalue weighted by Crippen LogP contribution is 2.29. The number of hydrogen-bond acceptors (Lipinski definition) is 3. The van der Waals surface area contributed by atoms with Crippen LogP contribution in [0.4, 0.5) is 11.4 Å². The molecule has 0 bridgehead atoms. The SMILES string of the molecule is CCN(c1c(N)cccc1C(N)=O)C(C)C. The zero-order chi connectivity index (χ0) is 12.3. The normalized spacial score (nSPS) is 10.5. The molecule has 4 N–H and O–H groups in total. The quantitative estimate of drug-likeness (QED) is 0.758. The number of anilines is 2. The summed E-state index contributed by atoms with van der Waals surface area (Å²) in [6.07, 6.45) is 0. The number of nitrogens with two attached hydrogens (primary N) is 2. The first kappa shape index (κ1) is 12.4. The van der Waals surface area contributed by atoms with Crippen LogP contribution in [0.3, 0.4) is 0 Å². The van der Waals surface area contributed by atoms with E-state index >= 15 is 0 Å². The molecule has 0 aliphatic carbocycles. The number of primary amides is 1. The third kappa shape index (κ3) is 2.27. The molecule has 1 aromatic rings. The van der Waals surface area contributed by atoms with Crippen LogP contribution in [0.15, 0.2) is 18.2 Å². The Morgan fingerprint density at radius 2 is 2.06 bits per heavy atom. The first-order chi connectivity index (χ1) is 7.49. The molecule has 0 radical (unpaired) electrons. The average Bonchev–Trinajstić information content (AvgIpc) is 2.20. The number of rotatable bonds is 4. The van der Waals surface area contributed by atoms with E-state index in [4.69, 9.17) is 11.5 Å². The maximum atomic E-state index is 11.4. The van der Waals surface area contributed by atoms with Gasteiger partial charge in [-0.1, -0.05) is 6.07 Å². The maximum absolute atomic E-state index is 11.4. The monoisotopic (exact) mass is 221 g/mol. The van der Waals surface area contributed by atoms with Crippen molar-refractivity contribution in [3.63, 3.8) is 0 Å². The van der Waals surface area contributed by atoms with Gasteiger partial charge in [-0.15, -0.1) is 0 Å². The van der Waals surface area contributed by atoms with E-state index in [0.717, 1.165) is 12.2 Å². The van der Waals surface area contributed by atoms with Gasteiger partial charge in [-0.2, -0.15) is 0 Å². The Morgan fingerprint density at radius 3 is 2.50 bits per heavy atom. The summed E-state index contributed by atoms with van der Waals surface area (Å²) in [5.74, 6) is -0.443. The fraction of sp³-hybridized carbons (Fsp3) is 0.417. The predicted octanol–water partition coefficient (Wildman–Crippen LogP) is 1.60. The Balaban J connectivity index is 3.34. The van der Waals surface area contributed by atoms with Crippen LogP contribution in [-0.4, -0.2) is 18.5 Å². The molecule has 0 spiro atoms. The first-order valence-electron chi connectivity index (χ1n) is 5.44. The number of benzene rings is 1. The summed E-state index contributed by atoms with van der Waals surface area (Å²) in [5.41, 5.74) is 13.1. The van der Waals surface area contributed by atoms with Gasteiger partial charge in [-0.05, 0) is 32.9 Å².